The van der Waals surface area contributed by atoms with Gasteiger partial charge in [-0.25, -0.2) is 0 Å². The Morgan fingerprint density at radius 2 is 2.00 bits per heavy atom. The maximum Gasteiger partial charge on any atom is 0.142 e. The Balaban J connectivity index is 2.07. The SMILES string of the molecule is CCCNCc1cccc(Cl)c1OCc1cccc(Br)c1. The molecule has 112 valence electrons. The highest BCUT2D eigenvalue weighted by Crippen LogP contribution is 2.29. The van der Waals surface area contributed by atoms with E-state index in [1.54, 1.807) is 0 Å². The molecule has 2 rings (SSSR count). The minimum Gasteiger partial charge on any atom is -0.487 e. The van der Waals surface area contributed by atoms with Crippen molar-refractivity contribution in [2.75, 3.05) is 6.54 Å². The van der Waals surface area contributed by atoms with Gasteiger partial charge in [-0.1, -0.05) is 58.7 Å². The molecule has 2 aromatic rings. The molecule has 2 nitrogen and oxygen atoms in total. The zero-order valence-corrected chi connectivity index (χ0v) is 14.4. The van der Waals surface area contributed by atoms with E-state index in [4.69, 9.17) is 16.3 Å². The van der Waals surface area contributed by atoms with E-state index in [0.29, 0.717) is 11.6 Å². The summed E-state index contributed by atoms with van der Waals surface area (Å²) in [6.45, 7) is 4.40. The molecule has 2 aromatic carbocycles. The zero-order chi connectivity index (χ0) is 15.1. The second-order valence-electron chi connectivity index (χ2n) is 4.82. The van der Waals surface area contributed by atoms with Crippen LogP contribution in [0.25, 0.3) is 0 Å². The molecule has 0 bridgehead atoms. The van der Waals surface area contributed by atoms with Gasteiger partial charge in [0.25, 0.3) is 0 Å². The summed E-state index contributed by atoms with van der Waals surface area (Å²) in [6.07, 6.45) is 1.11. The Kier molecular flexibility index (Phi) is 6.55. The second-order valence-corrected chi connectivity index (χ2v) is 6.15. The van der Waals surface area contributed by atoms with Gasteiger partial charge < -0.3 is 10.1 Å². The first-order valence-corrected chi connectivity index (χ1v) is 8.23. The highest BCUT2D eigenvalue weighted by molar-refractivity contribution is 9.10. The van der Waals surface area contributed by atoms with Crippen molar-refractivity contribution in [1.82, 2.24) is 5.32 Å². The molecular formula is C17H19BrClNO. The summed E-state index contributed by atoms with van der Waals surface area (Å²) >= 11 is 9.75. The lowest BCUT2D eigenvalue weighted by Gasteiger charge is -2.14. The minimum absolute atomic E-state index is 0.504. The van der Waals surface area contributed by atoms with Gasteiger partial charge in [-0.05, 0) is 36.7 Å². The van der Waals surface area contributed by atoms with Crippen molar-refractivity contribution < 1.29 is 4.74 Å². The van der Waals surface area contributed by atoms with Crippen LogP contribution in [0.3, 0.4) is 0 Å². The van der Waals surface area contributed by atoms with Crippen molar-refractivity contribution in [3.05, 3.63) is 63.1 Å². The summed E-state index contributed by atoms with van der Waals surface area (Å²) in [5, 5.41) is 4.03. The molecule has 4 heteroatoms. The first-order valence-electron chi connectivity index (χ1n) is 7.06. The molecule has 0 amide bonds. The van der Waals surface area contributed by atoms with Gasteiger partial charge in [-0.15, -0.1) is 0 Å². The van der Waals surface area contributed by atoms with Crippen LogP contribution in [0.5, 0.6) is 5.75 Å². The molecule has 1 N–H and O–H groups in total. The fourth-order valence-corrected chi connectivity index (χ4v) is 2.73. The largest absolute Gasteiger partial charge is 0.487 e. The number of hydrogen-bond acceptors (Lipinski definition) is 2. The van der Waals surface area contributed by atoms with Gasteiger partial charge in [0.05, 0.1) is 5.02 Å². The summed E-state index contributed by atoms with van der Waals surface area (Å²) in [4.78, 5) is 0. The van der Waals surface area contributed by atoms with Gasteiger partial charge in [0.2, 0.25) is 0 Å². The lowest BCUT2D eigenvalue weighted by Crippen LogP contribution is -2.14. The average molecular weight is 369 g/mol. The van der Waals surface area contributed by atoms with Crippen molar-refractivity contribution >= 4 is 27.5 Å². The number of nitrogens with one attached hydrogen (secondary N) is 1. The molecule has 0 saturated carbocycles. The highest BCUT2D eigenvalue weighted by Gasteiger charge is 2.08. The average Bonchev–Trinajstić information content (AvgIpc) is 2.47. The Bertz CT molecular complexity index is 589. The van der Waals surface area contributed by atoms with Crippen LogP contribution in [0.2, 0.25) is 5.02 Å². The summed E-state index contributed by atoms with van der Waals surface area (Å²) in [6, 6.07) is 13.9. The normalized spacial score (nSPS) is 10.6. The molecule has 0 aliphatic carbocycles. The van der Waals surface area contributed by atoms with Gasteiger partial charge in [0.15, 0.2) is 0 Å². The van der Waals surface area contributed by atoms with E-state index in [9.17, 15) is 0 Å². The Morgan fingerprint density at radius 1 is 1.19 bits per heavy atom. The molecule has 0 spiro atoms. The van der Waals surface area contributed by atoms with Crippen LogP contribution >= 0.6 is 27.5 Å². The zero-order valence-electron chi connectivity index (χ0n) is 12.0. The maximum absolute atomic E-state index is 6.28. The molecular weight excluding hydrogens is 350 g/mol. The smallest absolute Gasteiger partial charge is 0.142 e. The standard InChI is InChI=1S/C17H19BrClNO/c1-2-9-20-11-14-6-4-8-16(19)17(14)21-12-13-5-3-7-15(18)10-13/h3-8,10,20H,2,9,11-12H2,1H3. The lowest BCUT2D eigenvalue weighted by molar-refractivity contribution is 0.302. The maximum atomic E-state index is 6.28. The molecule has 21 heavy (non-hydrogen) atoms. The van der Waals surface area contributed by atoms with E-state index in [0.717, 1.165) is 40.9 Å². The quantitative estimate of drug-likeness (QED) is 0.680. The highest BCUT2D eigenvalue weighted by atomic mass is 79.9. The van der Waals surface area contributed by atoms with E-state index in [1.807, 2.05) is 42.5 Å². The summed E-state index contributed by atoms with van der Waals surface area (Å²) in [7, 11) is 0. The molecule has 0 aliphatic rings. The number of para-hydroxylation sites is 1. The van der Waals surface area contributed by atoms with Crippen LogP contribution < -0.4 is 10.1 Å². The second kappa shape index (κ2) is 8.42. The van der Waals surface area contributed by atoms with Crippen LogP contribution in [-0.2, 0) is 13.2 Å². The van der Waals surface area contributed by atoms with E-state index in [-0.39, 0.29) is 0 Å². The number of ether oxygens (including phenoxy) is 1. The van der Waals surface area contributed by atoms with E-state index in [2.05, 4.69) is 28.2 Å². The van der Waals surface area contributed by atoms with Crippen molar-refractivity contribution in [1.29, 1.82) is 0 Å². The Hall–Kier alpha value is -1.03. The summed E-state index contributed by atoms with van der Waals surface area (Å²) in [5.74, 6) is 0.766. The first-order chi connectivity index (χ1) is 10.2. The van der Waals surface area contributed by atoms with E-state index < -0.39 is 0 Å². The third-order valence-corrected chi connectivity index (χ3v) is 3.85. The summed E-state index contributed by atoms with van der Waals surface area (Å²) < 4.78 is 7.00. The third-order valence-electron chi connectivity index (χ3n) is 3.06. The number of halogens is 2. The Labute approximate surface area is 139 Å². The van der Waals surface area contributed by atoms with Gasteiger partial charge in [-0.3, -0.25) is 0 Å². The molecule has 0 saturated heterocycles. The Morgan fingerprint density at radius 3 is 2.76 bits per heavy atom. The minimum atomic E-state index is 0.504. The monoisotopic (exact) mass is 367 g/mol. The van der Waals surface area contributed by atoms with Gasteiger partial charge in [-0.2, -0.15) is 0 Å². The fourth-order valence-electron chi connectivity index (χ4n) is 2.04. The van der Waals surface area contributed by atoms with E-state index in [1.165, 1.54) is 0 Å². The van der Waals surface area contributed by atoms with Crippen molar-refractivity contribution in [2.45, 2.75) is 26.5 Å². The number of rotatable bonds is 7. The van der Waals surface area contributed by atoms with Crippen molar-refractivity contribution in [2.24, 2.45) is 0 Å². The van der Waals surface area contributed by atoms with E-state index >= 15 is 0 Å². The number of benzene rings is 2. The molecule has 0 unspecified atom stereocenters. The van der Waals surface area contributed by atoms with Crippen LogP contribution in [0.4, 0.5) is 0 Å². The molecule has 0 aromatic heterocycles. The van der Waals surface area contributed by atoms with Crippen LogP contribution in [0.15, 0.2) is 46.9 Å². The predicted octanol–water partition coefficient (Wildman–Crippen LogP) is 5.18. The van der Waals surface area contributed by atoms with Gasteiger partial charge in [0.1, 0.15) is 12.4 Å². The topological polar surface area (TPSA) is 21.3 Å². The summed E-state index contributed by atoms with van der Waals surface area (Å²) in [5.41, 5.74) is 2.20. The van der Waals surface area contributed by atoms with Crippen LogP contribution in [-0.4, -0.2) is 6.54 Å². The third kappa shape index (κ3) is 5.03. The van der Waals surface area contributed by atoms with Crippen molar-refractivity contribution in [3.63, 3.8) is 0 Å². The molecule has 0 aliphatic heterocycles. The molecule has 0 atom stereocenters. The number of hydrogen-bond donors (Lipinski definition) is 1. The molecule has 0 heterocycles. The molecule has 0 fully saturated rings. The van der Waals surface area contributed by atoms with Crippen LogP contribution in [0, 0.1) is 0 Å². The molecule has 0 radical (unpaired) electrons. The first kappa shape index (κ1) is 16.3. The lowest BCUT2D eigenvalue weighted by atomic mass is 10.2. The van der Waals surface area contributed by atoms with Crippen LogP contribution in [0.1, 0.15) is 24.5 Å². The fraction of sp³-hybridized carbons (Fsp3) is 0.294. The van der Waals surface area contributed by atoms with Gasteiger partial charge in [0, 0.05) is 16.6 Å². The van der Waals surface area contributed by atoms with Crippen molar-refractivity contribution in [3.8, 4) is 5.75 Å². The van der Waals surface area contributed by atoms with Gasteiger partial charge >= 0.3 is 0 Å². The predicted molar refractivity (Wildman–Crippen MR) is 91.9 cm³/mol.